The molecule has 7 heteroatoms. The summed E-state index contributed by atoms with van der Waals surface area (Å²) in [5.41, 5.74) is 4.40. The lowest BCUT2D eigenvalue weighted by molar-refractivity contribution is 0.0959. The zero-order chi connectivity index (χ0) is 17.1. The minimum Gasteiger partial charge on any atom is -0.486 e. The van der Waals surface area contributed by atoms with Crippen LogP contribution in [0.3, 0.4) is 0 Å². The fraction of sp³-hybridized carbons (Fsp3) is 0.294. The summed E-state index contributed by atoms with van der Waals surface area (Å²) in [4.78, 5) is 14.0. The zero-order valence-electron chi connectivity index (χ0n) is 13.4. The Kier molecular flexibility index (Phi) is 5.06. The number of rotatable bonds is 4. The second-order valence-corrected chi connectivity index (χ2v) is 6.84. The number of halogens is 1. The van der Waals surface area contributed by atoms with Crippen LogP contribution in [0.15, 0.2) is 23.3 Å². The molecule has 0 unspecified atom stereocenters. The number of amides is 1. The van der Waals surface area contributed by atoms with Crippen molar-refractivity contribution in [2.75, 3.05) is 13.2 Å². The molecule has 126 valence electrons. The number of nitrogens with zero attached hydrogens (tertiary/aromatic N) is 1. The highest BCUT2D eigenvalue weighted by Gasteiger charge is 2.16. The largest absolute Gasteiger partial charge is 0.486 e. The van der Waals surface area contributed by atoms with Crippen LogP contribution in [0.1, 0.15) is 32.6 Å². The van der Waals surface area contributed by atoms with Crippen molar-refractivity contribution in [3.8, 4) is 11.5 Å². The number of hydrogen-bond donors (Lipinski definition) is 1. The summed E-state index contributed by atoms with van der Waals surface area (Å²) in [6, 6.07) is 5.38. The predicted octanol–water partition coefficient (Wildman–Crippen LogP) is 3.81. The van der Waals surface area contributed by atoms with Gasteiger partial charge >= 0.3 is 0 Å². The molecule has 2 aromatic rings. The van der Waals surface area contributed by atoms with Gasteiger partial charge in [-0.25, -0.2) is 5.43 Å². The van der Waals surface area contributed by atoms with Crippen LogP contribution in [0, 0.1) is 6.92 Å². The number of hydrogen-bond acceptors (Lipinski definition) is 5. The lowest BCUT2D eigenvalue weighted by atomic mass is 10.2. The molecule has 1 aromatic heterocycles. The van der Waals surface area contributed by atoms with E-state index in [1.807, 2.05) is 13.0 Å². The maximum Gasteiger partial charge on any atom is 0.281 e. The molecule has 3 rings (SSSR count). The number of ether oxygens (including phenoxy) is 2. The first-order valence-corrected chi connectivity index (χ1v) is 8.79. The van der Waals surface area contributed by atoms with Crippen LogP contribution in [-0.2, 0) is 6.42 Å². The van der Waals surface area contributed by atoms with Gasteiger partial charge in [0, 0.05) is 4.88 Å². The van der Waals surface area contributed by atoms with Crippen LogP contribution in [0.2, 0.25) is 5.02 Å². The number of aryl methyl sites for hydroxylation is 2. The number of hydrazone groups is 1. The van der Waals surface area contributed by atoms with Gasteiger partial charge in [0.05, 0.1) is 16.1 Å². The first-order valence-electron chi connectivity index (χ1n) is 7.60. The van der Waals surface area contributed by atoms with Gasteiger partial charge in [-0.05, 0) is 42.7 Å². The summed E-state index contributed by atoms with van der Waals surface area (Å²) in [5.74, 6) is 0.913. The molecule has 2 heterocycles. The molecule has 0 aliphatic carbocycles. The molecule has 1 aliphatic rings. The normalized spacial score (nSPS) is 13.3. The Balaban J connectivity index is 1.69. The number of thiophene rings is 1. The van der Waals surface area contributed by atoms with E-state index in [0.717, 1.165) is 17.5 Å². The van der Waals surface area contributed by atoms with Gasteiger partial charge in [-0.2, -0.15) is 5.10 Å². The first kappa shape index (κ1) is 16.8. The van der Waals surface area contributed by atoms with E-state index in [1.54, 1.807) is 12.1 Å². The Labute approximate surface area is 149 Å². The molecule has 0 bridgehead atoms. The van der Waals surface area contributed by atoms with E-state index in [0.29, 0.717) is 34.6 Å². The van der Waals surface area contributed by atoms with Crippen molar-refractivity contribution in [3.05, 3.63) is 44.1 Å². The smallest absolute Gasteiger partial charge is 0.281 e. The van der Waals surface area contributed by atoms with Gasteiger partial charge in [0.15, 0.2) is 11.5 Å². The summed E-state index contributed by atoms with van der Waals surface area (Å²) < 4.78 is 11.0. The van der Waals surface area contributed by atoms with Crippen LogP contribution >= 0.6 is 22.9 Å². The van der Waals surface area contributed by atoms with Gasteiger partial charge in [0.25, 0.3) is 5.91 Å². The molecule has 0 radical (unpaired) electrons. The van der Waals surface area contributed by atoms with Gasteiger partial charge < -0.3 is 9.47 Å². The van der Waals surface area contributed by atoms with E-state index < -0.39 is 0 Å². The number of fused-ring (bicyclic) bond motifs is 1. The first-order chi connectivity index (χ1) is 11.6. The molecule has 0 atom stereocenters. The second kappa shape index (κ2) is 7.23. The van der Waals surface area contributed by atoms with E-state index in [4.69, 9.17) is 21.1 Å². The average Bonchev–Trinajstić information content (AvgIpc) is 2.96. The van der Waals surface area contributed by atoms with Gasteiger partial charge in [0.2, 0.25) is 0 Å². The van der Waals surface area contributed by atoms with E-state index in [2.05, 4.69) is 17.5 Å². The summed E-state index contributed by atoms with van der Waals surface area (Å²) in [7, 11) is 0. The summed E-state index contributed by atoms with van der Waals surface area (Å²) in [6.07, 6.45) is 2.45. The third-order valence-electron chi connectivity index (χ3n) is 3.56. The Morgan fingerprint density at radius 1 is 1.38 bits per heavy atom. The standard InChI is InChI=1S/C17H17ClN2O3S/c1-3-14-10(2)6-15(24-14)17(21)20-19-9-11-7-12(18)16-13(8-11)22-4-5-23-16/h6-9H,3-5H2,1-2H3,(H,20,21)/b19-9-. The molecule has 0 saturated carbocycles. The molecular formula is C17H17ClN2O3S. The monoisotopic (exact) mass is 364 g/mol. The fourth-order valence-corrected chi connectivity index (χ4v) is 3.69. The highest BCUT2D eigenvalue weighted by molar-refractivity contribution is 7.14. The number of benzene rings is 1. The number of nitrogens with one attached hydrogen (secondary N) is 1. The minimum atomic E-state index is -0.220. The van der Waals surface area contributed by atoms with E-state index in [-0.39, 0.29) is 5.91 Å². The van der Waals surface area contributed by atoms with Crippen LogP contribution in [0.5, 0.6) is 11.5 Å². The summed E-state index contributed by atoms with van der Waals surface area (Å²) >= 11 is 7.66. The van der Waals surface area contributed by atoms with Crippen molar-refractivity contribution in [2.24, 2.45) is 5.10 Å². The molecular weight excluding hydrogens is 348 g/mol. The fourth-order valence-electron chi connectivity index (χ4n) is 2.41. The summed E-state index contributed by atoms with van der Waals surface area (Å²) in [5, 5.41) is 4.46. The predicted molar refractivity (Wildman–Crippen MR) is 95.9 cm³/mol. The van der Waals surface area contributed by atoms with Crippen LogP contribution in [0.25, 0.3) is 0 Å². The third kappa shape index (κ3) is 3.55. The highest BCUT2D eigenvalue weighted by atomic mass is 35.5. The van der Waals surface area contributed by atoms with E-state index >= 15 is 0 Å². The SMILES string of the molecule is CCc1sc(C(=O)N/N=C\c2cc(Cl)c3c(c2)OCCO3)cc1C. The molecule has 24 heavy (non-hydrogen) atoms. The highest BCUT2D eigenvalue weighted by Crippen LogP contribution is 2.37. The van der Waals surface area contributed by atoms with Crippen molar-refractivity contribution in [3.63, 3.8) is 0 Å². The van der Waals surface area contributed by atoms with Crippen molar-refractivity contribution >= 4 is 35.1 Å². The van der Waals surface area contributed by atoms with Crippen LogP contribution in [-0.4, -0.2) is 25.3 Å². The quantitative estimate of drug-likeness (QED) is 0.663. The molecule has 5 nitrogen and oxygen atoms in total. The maximum atomic E-state index is 12.1. The average molecular weight is 365 g/mol. The van der Waals surface area contributed by atoms with Crippen LogP contribution < -0.4 is 14.9 Å². The van der Waals surface area contributed by atoms with Crippen LogP contribution in [0.4, 0.5) is 0 Å². The molecule has 1 aliphatic heterocycles. The van der Waals surface area contributed by atoms with Gasteiger partial charge in [-0.3, -0.25) is 4.79 Å². The second-order valence-electron chi connectivity index (χ2n) is 5.30. The lowest BCUT2D eigenvalue weighted by Gasteiger charge is -2.19. The molecule has 1 amide bonds. The minimum absolute atomic E-state index is 0.220. The number of carbonyl (C=O) groups excluding carboxylic acids is 1. The van der Waals surface area contributed by atoms with E-state index in [1.165, 1.54) is 22.4 Å². The van der Waals surface area contributed by atoms with Gasteiger partial charge in [-0.15, -0.1) is 11.3 Å². The van der Waals surface area contributed by atoms with Crippen molar-refractivity contribution in [2.45, 2.75) is 20.3 Å². The molecule has 0 saturated heterocycles. The summed E-state index contributed by atoms with van der Waals surface area (Å²) in [6.45, 7) is 5.05. The maximum absolute atomic E-state index is 12.1. The third-order valence-corrected chi connectivity index (χ3v) is 5.23. The van der Waals surface area contributed by atoms with Crippen molar-refractivity contribution in [1.29, 1.82) is 0 Å². The Morgan fingerprint density at radius 2 is 2.17 bits per heavy atom. The molecule has 1 aromatic carbocycles. The van der Waals surface area contributed by atoms with Crippen molar-refractivity contribution in [1.82, 2.24) is 5.43 Å². The Morgan fingerprint density at radius 3 is 2.92 bits per heavy atom. The molecule has 0 spiro atoms. The van der Waals surface area contributed by atoms with Gasteiger partial charge in [0.1, 0.15) is 13.2 Å². The van der Waals surface area contributed by atoms with E-state index in [9.17, 15) is 4.79 Å². The molecule has 0 fully saturated rings. The zero-order valence-corrected chi connectivity index (χ0v) is 15.0. The Bertz CT molecular complexity index is 801. The number of carbonyl (C=O) groups is 1. The Hall–Kier alpha value is -2.05. The van der Waals surface area contributed by atoms with Crippen molar-refractivity contribution < 1.29 is 14.3 Å². The lowest BCUT2D eigenvalue weighted by Crippen LogP contribution is -2.17. The van der Waals surface area contributed by atoms with Gasteiger partial charge in [-0.1, -0.05) is 18.5 Å². The molecule has 1 N–H and O–H groups in total. The topological polar surface area (TPSA) is 59.9 Å².